The number of amides is 11. The molecule has 1 aliphatic heterocycles. The van der Waals surface area contributed by atoms with Gasteiger partial charge in [0.1, 0.15) is 60.4 Å². The Kier molecular flexibility index (Phi) is 34.4. The van der Waals surface area contributed by atoms with Gasteiger partial charge in [0.15, 0.2) is 0 Å². The van der Waals surface area contributed by atoms with Crippen LogP contribution in [0.25, 0.3) is 0 Å². The van der Waals surface area contributed by atoms with Crippen molar-refractivity contribution in [2.45, 2.75) is 236 Å². The first-order valence-electron chi connectivity index (χ1n) is 32.7. The average molecular weight is 1290 g/mol. The fourth-order valence-electron chi connectivity index (χ4n) is 11.7. The van der Waals surface area contributed by atoms with Crippen LogP contribution in [0.5, 0.6) is 0 Å². The first-order chi connectivity index (χ1) is 42.1. The van der Waals surface area contributed by atoms with Gasteiger partial charge in [-0.2, -0.15) is 0 Å². The molecule has 11 amide bonds. The Morgan fingerprint density at radius 2 is 0.835 bits per heavy atom. The third kappa shape index (κ3) is 22.4. The molecule has 0 saturated carbocycles. The van der Waals surface area contributed by atoms with Gasteiger partial charge in [-0.05, 0) is 108 Å². The summed E-state index contributed by atoms with van der Waals surface area (Å²) in [6, 6.07) is -12.7. The van der Waals surface area contributed by atoms with Crippen LogP contribution in [0.4, 0.5) is 0 Å². The number of methoxy groups -OCH3 is 1. The number of carbonyl (C=O) groups excluding carboxylic acids is 11. The fraction of sp³-hybridized carbons (Fsp3) is 0.776. The molecule has 520 valence electrons. The van der Waals surface area contributed by atoms with E-state index in [1.165, 1.54) is 99.7 Å². The van der Waals surface area contributed by atoms with Crippen molar-refractivity contribution in [1.29, 1.82) is 0 Å². The van der Waals surface area contributed by atoms with E-state index >= 15 is 28.8 Å². The number of hydrogen-bond donors (Lipinski definition) is 4. The smallest absolute Gasteiger partial charge is 0.273 e. The molecule has 1 rings (SSSR count). The van der Waals surface area contributed by atoms with E-state index in [0.29, 0.717) is 0 Å². The monoisotopic (exact) mass is 1290 g/mol. The van der Waals surface area contributed by atoms with E-state index in [4.69, 9.17) is 4.74 Å². The maximum absolute atomic E-state index is 15.5. The summed E-state index contributed by atoms with van der Waals surface area (Å²) in [5, 5.41) is 20.4. The van der Waals surface area contributed by atoms with Gasteiger partial charge in [-0.3, -0.25) is 52.7 Å². The third-order valence-electron chi connectivity index (χ3n) is 17.2. The van der Waals surface area contributed by atoms with E-state index < -0.39 is 155 Å². The van der Waals surface area contributed by atoms with E-state index in [2.05, 4.69) is 16.0 Å². The van der Waals surface area contributed by atoms with Crippen molar-refractivity contribution in [3.05, 3.63) is 24.3 Å². The van der Waals surface area contributed by atoms with E-state index in [1.54, 1.807) is 79.7 Å². The van der Waals surface area contributed by atoms with Crippen molar-refractivity contribution >= 4 is 65.0 Å². The first kappa shape index (κ1) is 82.6. The minimum atomic E-state index is -1.67. The molecule has 1 aliphatic rings. The predicted octanol–water partition coefficient (Wildman–Crippen LogP) is 4.53. The molecule has 0 aliphatic carbocycles. The van der Waals surface area contributed by atoms with Crippen LogP contribution >= 0.6 is 0 Å². The van der Waals surface area contributed by atoms with Crippen molar-refractivity contribution < 1.29 is 62.6 Å². The van der Waals surface area contributed by atoms with Crippen LogP contribution < -0.4 is 16.0 Å². The van der Waals surface area contributed by atoms with Crippen LogP contribution in [-0.4, -0.2) is 245 Å². The maximum atomic E-state index is 15.5. The number of nitrogens with one attached hydrogen (secondary N) is 3. The number of aliphatic hydroxyl groups excluding tert-OH is 1. The summed E-state index contributed by atoms with van der Waals surface area (Å²) < 4.78 is 5.76. The Labute approximate surface area is 545 Å². The normalized spacial score (nSPS) is 27.0. The van der Waals surface area contributed by atoms with Crippen LogP contribution in [-0.2, 0) is 57.5 Å². The predicted molar refractivity (Wildman–Crippen MR) is 353 cm³/mol. The molecule has 4 N–H and O–H groups in total. The summed E-state index contributed by atoms with van der Waals surface area (Å²) in [6.45, 7) is 31.6. The summed E-state index contributed by atoms with van der Waals surface area (Å²) in [7, 11) is 11.1. The van der Waals surface area contributed by atoms with Gasteiger partial charge in [-0.15, -0.1) is 0 Å². The fourth-order valence-corrected chi connectivity index (χ4v) is 11.7. The van der Waals surface area contributed by atoms with Crippen LogP contribution in [0.1, 0.15) is 163 Å². The molecule has 1 unspecified atom stereocenters. The van der Waals surface area contributed by atoms with Crippen molar-refractivity contribution in [2.24, 2.45) is 41.4 Å². The Morgan fingerprint density at radius 3 is 1.27 bits per heavy atom. The van der Waals surface area contributed by atoms with Gasteiger partial charge < -0.3 is 65.0 Å². The Hall–Kier alpha value is -6.43. The molecule has 0 aromatic heterocycles. The summed E-state index contributed by atoms with van der Waals surface area (Å²) in [6.07, 6.45) is 4.55. The van der Waals surface area contributed by atoms with Crippen LogP contribution in [0.2, 0.25) is 0 Å². The molecule has 0 bridgehead atoms. The zero-order valence-electron chi connectivity index (χ0n) is 60.2. The lowest BCUT2D eigenvalue weighted by Gasteiger charge is -2.42. The minimum Gasteiger partial charge on any atom is -0.390 e. The standard InChI is InChI=1S/C67H119N11O13/c1-27-30-32-44(16)55(79)54-58(82)70-47(29-3)60(84)77(25)67(91-26)66(90)74(22)51(37-41(10)11)63(87)78(33-31-28-2)53(43(14)15)65(89)71(19)48(34-38(4)5)57(81)68-45(17)56(80)69-46(18)59(83)72(20)49(35-39(6)7)61(85)73(21)50(36-40(8)9)62(86)75(23)52(42(12)13)64(88)76(54)24/h27-28,30-31,38-55,67,79H,29,32-37H2,1-26H3,(H,68,81)(H,69,80)(H,70,82)/b30-27+,31-28+/t44-,45+,46-,47+,48+,49+,50+,51+,52+,53+,54+,55-,67?/m1/s1. The molecular weight excluding hydrogens is 1170 g/mol. The van der Waals surface area contributed by atoms with Gasteiger partial charge in [0.25, 0.3) is 5.91 Å². The van der Waals surface area contributed by atoms with Crippen LogP contribution in [0.3, 0.4) is 0 Å². The lowest BCUT2D eigenvalue weighted by atomic mass is 9.91. The zero-order valence-corrected chi connectivity index (χ0v) is 60.2. The number of likely N-dealkylation sites (N-methyl/N-ethyl adjacent to an activating group) is 7. The highest BCUT2D eigenvalue weighted by Crippen LogP contribution is 2.27. The Morgan fingerprint density at radius 1 is 0.440 bits per heavy atom. The molecule has 13 atom stereocenters. The summed E-state index contributed by atoms with van der Waals surface area (Å²) >= 11 is 0. The van der Waals surface area contributed by atoms with Gasteiger partial charge >= 0.3 is 0 Å². The Balaban J connectivity index is 4.56. The van der Waals surface area contributed by atoms with Gasteiger partial charge in [-0.1, -0.05) is 121 Å². The van der Waals surface area contributed by atoms with Crippen LogP contribution in [0, 0.1) is 41.4 Å². The SMILES string of the molecule is C/C=C/C[C@@H](C)[C@@H](O)[C@H]1C(=O)N[C@@H](CC)C(=O)N(C)C(OC)C(=O)N(C)[C@@H](CC(C)C)C(=O)N(C/C=C/C)[C@@H](C(C)C)C(=O)N(C)[C@@H](CC(C)C)C(=O)N[C@@H](C)C(=O)N[C@H](C)C(=O)N(C)[C@@H](CC(C)C)C(=O)N(C)[C@@H](CC(C)C)C(=O)N(C)[C@@H](C(C)C)C(=O)N1C. The third-order valence-corrected chi connectivity index (χ3v) is 17.2. The van der Waals surface area contributed by atoms with Crippen molar-refractivity contribution in [1.82, 2.24) is 55.1 Å². The maximum Gasteiger partial charge on any atom is 0.273 e. The Bertz CT molecular complexity index is 2520. The topological polar surface area (TPSA) is 279 Å². The lowest BCUT2D eigenvalue weighted by molar-refractivity contribution is -0.167. The largest absolute Gasteiger partial charge is 0.390 e. The number of rotatable bonds is 18. The highest BCUT2D eigenvalue weighted by Gasteiger charge is 2.47. The highest BCUT2D eigenvalue weighted by molar-refractivity contribution is 6.00. The molecule has 91 heavy (non-hydrogen) atoms. The van der Waals surface area contributed by atoms with Gasteiger partial charge in [-0.25, -0.2) is 0 Å². The molecular formula is C67H119N11O13. The number of carbonyl (C=O) groups is 11. The van der Waals surface area contributed by atoms with E-state index in [-0.39, 0.29) is 68.7 Å². The molecule has 1 fully saturated rings. The molecule has 0 aromatic carbocycles. The summed E-state index contributed by atoms with van der Waals surface area (Å²) in [4.78, 5) is 174. The first-order valence-corrected chi connectivity index (χ1v) is 32.7. The highest BCUT2D eigenvalue weighted by atomic mass is 16.5. The van der Waals surface area contributed by atoms with Crippen LogP contribution in [0.15, 0.2) is 24.3 Å². The second kappa shape index (κ2) is 37.9. The van der Waals surface area contributed by atoms with Crippen molar-refractivity contribution in [3.63, 3.8) is 0 Å². The average Bonchev–Trinajstić information content (AvgIpc) is 1.06. The number of nitrogens with zero attached hydrogens (tertiary/aromatic N) is 8. The summed E-state index contributed by atoms with van der Waals surface area (Å²) in [5.41, 5.74) is 0. The van der Waals surface area contributed by atoms with Gasteiger partial charge in [0.05, 0.1) is 6.10 Å². The number of allylic oxidation sites excluding steroid dienone is 3. The van der Waals surface area contributed by atoms with Crippen molar-refractivity contribution in [3.8, 4) is 0 Å². The lowest BCUT2D eigenvalue weighted by Crippen LogP contribution is -2.64. The number of hydrogen-bond acceptors (Lipinski definition) is 13. The van der Waals surface area contributed by atoms with E-state index in [1.807, 2.05) is 55.4 Å². The molecule has 1 saturated heterocycles. The quantitative estimate of drug-likeness (QED) is 0.138. The van der Waals surface area contributed by atoms with Crippen molar-refractivity contribution in [2.75, 3.05) is 63.0 Å². The van der Waals surface area contributed by atoms with E-state index in [9.17, 15) is 29.1 Å². The number of aliphatic hydroxyl groups is 1. The second-order valence-corrected chi connectivity index (χ2v) is 27.4. The zero-order chi connectivity index (χ0) is 70.5. The molecule has 24 heteroatoms. The molecule has 24 nitrogen and oxygen atoms in total. The second-order valence-electron chi connectivity index (χ2n) is 27.4. The van der Waals surface area contributed by atoms with Gasteiger partial charge in [0.2, 0.25) is 65.3 Å². The summed E-state index contributed by atoms with van der Waals surface area (Å²) in [5.74, 6) is -10.2. The molecule has 0 spiro atoms. The number of ether oxygens (including phenoxy) is 1. The molecule has 0 aromatic rings. The minimum absolute atomic E-state index is 0.0402. The molecule has 1 heterocycles. The van der Waals surface area contributed by atoms with E-state index in [0.717, 1.165) is 9.80 Å². The van der Waals surface area contributed by atoms with Gasteiger partial charge in [0, 0.05) is 63.0 Å². The molecule has 0 radical (unpaired) electrons.